The highest BCUT2D eigenvalue weighted by Crippen LogP contribution is 2.22. The summed E-state index contributed by atoms with van der Waals surface area (Å²) in [6.07, 6.45) is 0. The van der Waals surface area contributed by atoms with Crippen LogP contribution in [-0.4, -0.2) is 24.5 Å². The molecule has 0 spiro atoms. The lowest BCUT2D eigenvalue weighted by atomic mass is 10.2. The Balaban J connectivity index is 3.17. The van der Waals surface area contributed by atoms with Gasteiger partial charge in [0.05, 0.1) is 12.3 Å². The lowest BCUT2D eigenvalue weighted by molar-refractivity contribution is 0.0515. The van der Waals surface area contributed by atoms with Crippen molar-refractivity contribution in [2.45, 2.75) is 6.92 Å². The molecule has 0 aliphatic heterocycles. The van der Waals surface area contributed by atoms with E-state index in [1.54, 1.807) is 0 Å². The number of hydrogen-bond donors (Lipinski definition) is 3. The smallest absolute Gasteiger partial charge is 0.344 e. The molecule has 1 aromatic rings. The molecular weight excluding hydrogens is 272 g/mol. The summed E-state index contributed by atoms with van der Waals surface area (Å²) in [6, 6.07) is 1.62. The summed E-state index contributed by atoms with van der Waals surface area (Å²) in [5.41, 5.74) is 14.5. The van der Waals surface area contributed by atoms with E-state index in [0.717, 1.165) is 12.1 Å². The predicted molar refractivity (Wildman–Crippen MR) is 69.4 cm³/mol. The lowest BCUT2D eigenvalue weighted by Crippen LogP contribution is -2.26. The van der Waals surface area contributed by atoms with Crippen molar-refractivity contribution >= 4 is 23.6 Å². The monoisotopic (exact) mass is 285 g/mol. The van der Waals surface area contributed by atoms with Gasteiger partial charge in [0.25, 0.3) is 0 Å². The highest BCUT2D eigenvalue weighted by atomic mass is 19.1. The Bertz CT molecular complexity index is 559. The average molecular weight is 285 g/mol. The number of esters is 1. The van der Waals surface area contributed by atoms with E-state index in [1.165, 1.54) is 6.92 Å². The molecule has 0 aliphatic carbocycles. The molecule has 0 bridgehead atoms. The maximum atomic E-state index is 13.7. The molecule has 108 valence electrons. The summed E-state index contributed by atoms with van der Waals surface area (Å²) in [4.78, 5) is 18.3. The van der Waals surface area contributed by atoms with Crippen LogP contribution in [0.15, 0.2) is 22.1 Å². The molecule has 1 aromatic carbocycles. The second kappa shape index (κ2) is 6.45. The number of rotatable bonds is 3. The minimum atomic E-state index is -1.13. The fraction of sp³-hybridized carbons (Fsp3) is 0.182. The van der Waals surface area contributed by atoms with Crippen LogP contribution in [0.4, 0.5) is 14.5 Å². The van der Waals surface area contributed by atoms with Gasteiger partial charge in [0.2, 0.25) is 5.96 Å². The Labute approximate surface area is 113 Å². The molecule has 6 N–H and O–H groups in total. The van der Waals surface area contributed by atoms with Crippen molar-refractivity contribution in [2.75, 3.05) is 6.61 Å². The molecule has 0 saturated carbocycles. The third-order valence-electron chi connectivity index (χ3n) is 1.99. The molecule has 20 heavy (non-hydrogen) atoms. The normalized spacial score (nSPS) is 11.1. The van der Waals surface area contributed by atoms with E-state index in [2.05, 4.69) is 14.7 Å². The molecule has 0 amide bonds. The zero-order valence-corrected chi connectivity index (χ0v) is 10.6. The molecule has 0 heterocycles. The lowest BCUT2D eigenvalue weighted by Gasteiger charge is -2.05. The van der Waals surface area contributed by atoms with Gasteiger partial charge in [0, 0.05) is 12.1 Å². The predicted octanol–water partition coefficient (Wildman–Crippen LogP) is 0.361. The largest absolute Gasteiger partial charge is 0.462 e. The molecule has 0 fully saturated rings. The Kier molecular flexibility index (Phi) is 4.95. The average Bonchev–Trinajstić information content (AvgIpc) is 2.26. The number of benzene rings is 1. The van der Waals surface area contributed by atoms with Gasteiger partial charge in [-0.3, -0.25) is 0 Å². The Morgan fingerprint density at radius 1 is 1.25 bits per heavy atom. The SMILES string of the molecule is CCOC(=O)c1c(F)cc(N=C(N)N=C(N)N)cc1F. The maximum Gasteiger partial charge on any atom is 0.344 e. The van der Waals surface area contributed by atoms with Gasteiger partial charge in [-0.2, -0.15) is 4.99 Å². The summed E-state index contributed by atoms with van der Waals surface area (Å²) in [6.45, 7) is 1.51. The molecule has 1 rings (SSSR count). The number of carbonyl (C=O) groups is 1. The van der Waals surface area contributed by atoms with E-state index in [-0.39, 0.29) is 24.2 Å². The van der Waals surface area contributed by atoms with Gasteiger partial charge in [-0.15, -0.1) is 0 Å². The quantitative estimate of drug-likeness (QED) is 0.419. The van der Waals surface area contributed by atoms with Crippen LogP contribution in [0.2, 0.25) is 0 Å². The summed E-state index contributed by atoms with van der Waals surface area (Å²) in [7, 11) is 0. The van der Waals surface area contributed by atoms with Crippen LogP contribution in [0.3, 0.4) is 0 Å². The van der Waals surface area contributed by atoms with Gasteiger partial charge in [-0.25, -0.2) is 18.6 Å². The highest BCUT2D eigenvalue weighted by Gasteiger charge is 2.19. The first-order valence-corrected chi connectivity index (χ1v) is 5.45. The third-order valence-corrected chi connectivity index (χ3v) is 1.99. The van der Waals surface area contributed by atoms with Crippen LogP contribution in [0.5, 0.6) is 0 Å². The number of halogens is 2. The molecule has 9 heteroatoms. The Hall–Kier alpha value is -2.71. The standard InChI is InChI=1S/C11H13F2N5O2/c1-2-20-9(19)8-6(12)3-5(4-7(8)13)17-11(16)18-10(14)15/h3-4H,2H2,1H3,(H6,14,15,16,17,18). The van der Waals surface area contributed by atoms with Crippen molar-refractivity contribution in [3.05, 3.63) is 29.3 Å². The molecular formula is C11H13F2N5O2. The molecule has 0 radical (unpaired) electrons. The fourth-order valence-corrected chi connectivity index (χ4v) is 1.31. The van der Waals surface area contributed by atoms with Crippen molar-refractivity contribution in [3.63, 3.8) is 0 Å². The molecule has 7 nitrogen and oxygen atoms in total. The van der Waals surface area contributed by atoms with Crippen LogP contribution in [0, 0.1) is 11.6 Å². The summed E-state index contributed by atoms with van der Waals surface area (Å²) < 4.78 is 31.9. The van der Waals surface area contributed by atoms with Gasteiger partial charge in [0.1, 0.15) is 17.2 Å². The number of nitrogens with two attached hydrogens (primary N) is 3. The van der Waals surface area contributed by atoms with Gasteiger partial charge in [0.15, 0.2) is 5.96 Å². The first-order valence-electron chi connectivity index (χ1n) is 5.45. The molecule has 0 atom stereocenters. The van der Waals surface area contributed by atoms with Crippen LogP contribution < -0.4 is 17.2 Å². The van der Waals surface area contributed by atoms with E-state index in [9.17, 15) is 13.6 Å². The molecule has 0 saturated heterocycles. The third kappa shape index (κ3) is 3.90. The van der Waals surface area contributed by atoms with Crippen LogP contribution in [-0.2, 0) is 4.74 Å². The minimum Gasteiger partial charge on any atom is -0.462 e. The highest BCUT2D eigenvalue weighted by molar-refractivity contribution is 5.94. The number of aliphatic imine (C=N–C) groups is 2. The summed E-state index contributed by atoms with van der Waals surface area (Å²) in [5, 5.41) is 0. The van der Waals surface area contributed by atoms with Gasteiger partial charge in [-0.1, -0.05) is 0 Å². The van der Waals surface area contributed by atoms with Crippen molar-refractivity contribution in [1.29, 1.82) is 0 Å². The summed E-state index contributed by atoms with van der Waals surface area (Å²) >= 11 is 0. The second-order valence-corrected chi connectivity index (χ2v) is 3.51. The van der Waals surface area contributed by atoms with Crippen molar-refractivity contribution in [2.24, 2.45) is 27.2 Å². The van der Waals surface area contributed by atoms with Crippen LogP contribution in [0.1, 0.15) is 17.3 Å². The second-order valence-electron chi connectivity index (χ2n) is 3.51. The van der Waals surface area contributed by atoms with Gasteiger partial charge < -0.3 is 21.9 Å². The van der Waals surface area contributed by atoms with Crippen LogP contribution >= 0.6 is 0 Å². The number of guanidine groups is 2. The zero-order valence-electron chi connectivity index (χ0n) is 10.6. The Morgan fingerprint density at radius 2 is 1.80 bits per heavy atom. The fourth-order valence-electron chi connectivity index (χ4n) is 1.31. The zero-order chi connectivity index (χ0) is 15.3. The number of ether oxygens (including phenoxy) is 1. The van der Waals surface area contributed by atoms with E-state index in [4.69, 9.17) is 17.2 Å². The minimum absolute atomic E-state index is 0.00490. The number of nitrogens with zero attached hydrogens (tertiary/aromatic N) is 2. The van der Waals surface area contributed by atoms with Crippen molar-refractivity contribution in [3.8, 4) is 0 Å². The molecule has 0 aromatic heterocycles. The molecule has 0 unspecified atom stereocenters. The van der Waals surface area contributed by atoms with Crippen molar-refractivity contribution in [1.82, 2.24) is 0 Å². The van der Waals surface area contributed by atoms with Crippen LogP contribution in [0.25, 0.3) is 0 Å². The van der Waals surface area contributed by atoms with Gasteiger partial charge in [-0.05, 0) is 6.92 Å². The van der Waals surface area contributed by atoms with E-state index in [1.807, 2.05) is 0 Å². The molecule has 0 aliphatic rings. The summed E-state index contributed by atoms with van der Waals surface area (Å²) in [5.74, 6) is -4.09. The van der Waals surface area contributed by atoms with Gasteiger partial charge >= 0.3 is 5.97 Å². The topological polar surface area (TPSA) is 129 Å². The van der Waals surface area contributed by atoms with E-state index >= 15 is 0 Å². The number of hydrogen-bond acceptors (Lipinski definition) is 3. The van der Waals surface area contributed by atoms with Crippen molar-refractivity contribution < 1.29 is 18.3 Å². The first-order chi connectivity index (χ1) is 9.35. The number of carbonyl (C=O) groups excluding carboxylic acids is 1. The first kappa shape index (κ1) is 15.3. The maximum absolute atomic E-state index is 13.7. The van der Waals surface area contributed by atoms with E-state index < -0.39 is 23.2 Å². The van der Waals surface area contributed by atoms with E-state index in [0.29, 0.717) is 0 Å². The Morgan fingerprint density at radius 3 is 2.25 bits per heavy atom.